The first kappa shape index (κ1) is 13.8. The molecule has 2 aliphatic rings. The minimum absolute atomic E-state index is 0.145. The molecule has 4 heteroatoms. The van der Waals surface area contributed by atoms with Crippen molar-refractivity contribution < 1.29 is 4.79 Å². The summed E-state index contributed by atoms with van der Waals surface area (Å²) in [5.41, 5.74) is 5.97. The van der Waals surface area contributed by atoms with E-state index < -0.39 is 0 Å². The van der Waals surface area contributed by atoms with Crippen LogP contribution in [0.5, 0.6) is 0 Å². The Morgan fingerprint density at radius 1 is 1.22 bits per heavy atom. The van der Waals surface area contributed by atoms with E-state index in [9.17, 15) is 4.79 Å². The van der Waals surface area contributed by atoms with Crippen molar-refractivity contribution >= 4 is 5.91 Å². The van der Waals surface area contributed by atoms with Crippen LogP contribution in [0.2, 0.25) is 0 Å². The highest BCUT2D eigenvalue weighted by Crippen LogP contribution is 2.43. The molecule has 0 atom stereocenters. The third-order valence-electron chi connectivity index (χ3n) is 4.77. The fraction of sp³-hybridized carbons (Fsp3) is 0.929. The van der Waals surface area contributed by atoms with Crippen LogP contribution in [0.4, 0.5) is 0 Å². The summed E-state index contributed by atoms with van der Waals surface area (Å²) in [5.74, 6) is 0.323. The number of hydrogen-bond acceptors (Lipinski definition) is 3. The molecule has 0 aromatic carbocycles. The molecule has 18 heavy (non-hydrogen) atoms. The van der Waals surface area contributed by atoms with E-state index in [1.807, 2.05) is 4.90 Å². The van der Waals surface area contributed by atoms with Crippen LogP contribution in [0, 0.1) is 5.41 Å². The zero-order chi connectivity index (χ0) is 13.2. The van der Waals surface area contributed by atoms with Gasteiger partial charge in [0.1, 0.15) is 0 Å². The monoisotopic (exact) mass is 253 g/mol. The molecule has 0 radical (unpaired) electrons. The van der Waals surface area contributed by atoms with Gasteiger partial charge in [-0.3, -0.25) is 9.69 Å². The van der Waals surface area contributed by atoms with Crippen molar-refractivity contribution in [1.29, 1.82) is 0 Å². The molecule has 2 rings (SSSR count). The van der Waals surface area contributed by atoms with E-state index in [-0.39, 0.29) is 5.41 Å². The number of piperazine rings is 1. The van der Waals surface area contributed by atoms with Crippen LogP contribution in [0.15, 0.2) is 0 Å². The molecule has 0 aromatic rings. The fourth-order valence-corrected chi connectivity index (χ4v) is 3.05. The minimum atomic E-state index is 0.145. The molecule has 4 nitrogen and oxygen atoms in total. The number of hydrogen-bond donors (Lipinski definition) is 1. The third-order valence-corrected chi connectivity index (χ3v) is 4.77. The highest BCUT2D eigenvalue weighted by molar-refractivity contribution is 5.77. The summed E-state index contributed by atoms with van der Waals surface area (Å²) in [6.07, 6.45) is 4.19. The van der Waals surface area contributed by atoms with Crippen molar-refractivity contribution in [2.24, 2.45) is 11.1 Å². The number of rotatable bonds is 4. The maximum atomic E-state index is 12.3. The molecule has 1 aliphatic carbocycles. The summed E-state index contributed by atoms with van der Waals surface area (Å²) >= 11 is 0. The summed E-state index contributed by atoms with van der Waals surface area (Å²) < 4.78 is 0. The van der Waals surface area contributed by atoms with E-state index in [1.54, 1.807) is 0 Å². The van der Waals surface area contributed by atoms with Crippen molar-refractivity contribution in [3.05, 3.63) is 0 Å². The molecule has 0 unspecified atom stereocenters. The Bertz CT molecular complexity index is 286. The van der Waals surface area contributed by atoms with Gasteiger partial charge in [-0.25, -0.2) is 0 Å². The molecule has 1 amide bonds. The van der Waals surface area contributed by atoms with Crippen molar-refractivity contribution in [1.82, 2.24) is 9.80 Å². The van der Waals surface area contributed by atoms with Crippen LogP contribution >= 0.6 is 0 Å². The first-order valence-corrected chi connectivity index (χ1v) is 7.28. The van der Waals surface area contributed by atoms with Crippen molar-refractivity contribution in [2.75, 3.05) is 32.7 Å². The van der Waals surface area contributed by atoms with E-state index in [2.05, 4.69) is 18.7 Å². The summed E-state index contributed by atoms with van der Waals surface area (Å²) in [6.45, 7) is 8.91. The summed E-state index contributed by atoms with van der Waals surface area (Å²) in [7, 11) is 0. The lowest BCUT2D eigenvalue weighted by Crippen LogP contribution is -2.52. The van der Waals surface area contributed by atoms with Gasteiger partial charge in [-0.15, -0.1) is 0 Å². The molecule has 1 saturated carbocycles. The molecular weight excluding hydrogens is 226 g/mol. The second kappa shape index (κ2) is 5.57. The topological polar surface area (TPSA) is 49.6 Å². The highest BCUT2D eigenvalue weighted by atomic mass is 16.2. The average Bonchev–Trinajstić information content (AvgIpc) is 2.33. The molecule has 104 valence electrons. The minimum Gasteiger partial charge on any atom is -0.340 e. The van der Waals surface area contributed by atoms with Crippen LogP contribution in [0.3, 0.4) is 0 Å². The Balaban J connectivity index is 1.80. The van der Waals surface area contributed by atoms with Crippen molar-refractivity contribution in [3.8, 4) is 0 Å². The summed E-state index contributed by atoms with van der Waals surface area (Å²) in [4.78, 5) is 16.8. The highest BCUT2D eigenvalue weighted by Gasteiger charge is 2.39. The van der Waals surface area contributed by atoms with Gasteiger partial charge in [0.25, 0.3) is 0 Å². The van der Waals surface area contributed by atoms with Gasteiger partial charge in [0.2, 0.25) is 5.91 Å². The number of nitrogens with two attached hydrogens (primary N) is 1. The second-order valence-corrected chi connectivity index (χ2v) is 6.24. The Morgan fingerprint density at radius 3 is 2.22 bits per heavy atom. The fourth-order valence-electron chi connectivity index (χ4n) is 3.05. The first-order valence-electron chi connectivity index (χ1n) is 7.28. The van der Waals surface area contributed by atoms with Crippen molar-refractivity contribution in [3.63, 3.8) is 0 Å². The smallest absolute Gasteiger partial charge is 0.223 e. The van der Waals surface area contributed by atoms with Gasteiger partial charge in [0.05, 0.1) is 0 Å². The van der Waals surface area contributed by atoms with E-state index in [4.69, 9.17) is 5.73 Å². The van der Waals surface area contributed by atoms with Crippen LogP contribution in [-0.2, 0) is 4.79 Å². The second-order valence-electron chi connectivity index (χ2n) is 6.24. The largest absolute Gasteiger partial charge is 0.340 e. The van der Waals surface area contributed by atoms with E-state index in [1.165, 1.54) is 6.42 Å². The quantitative estimate of drug-likeness (QED) is 0.815. The van der Waals surface area contributed by atoms with E-state index in [0.717, 1.165) is 39.0 Å². The maximum absolute atomic E-state index is 12.3. The molecule has 0 spiro atoms. The van der Waals surface area contributed by atoms with E-state index in [0.29, 0.717) is 24.9 Å². The molecule has 0 bridgehead atoms. The lowest BCUT2D eigenvalue weighted by atomic mass is 9.66. The van der Waals surface area contributed by atoms with Gasteiger partial charge in [-0.05, 0) is 38.6 Å². The van der Waals surface area contributed by atoms with Crippen LogP contribution in [0.1, 0.15) is 39.5 Å². The molecule has 1 aliphatic heterocycles. The summed E-state index contributed by atoms with van der Waals surface area (Å²) in [5, 5.41) is 0. The number of carbonyl (C=O) groups excluding carboxylic acids is 1. The first-order chi connectivity index (χ1) is 8.56. The summed E-state index contributed by atoms with van der Waals surface area (Å²) in [6, 6.07) is 0.587. The predicted molar refractivity (Wildman–Crippen MR) is 73.2 cm³/mol. The van der Waals surface area contributed by atoms with Gasteiger partial charge in [0, 0.05) is 38.6 Å². The number of amides is 1. The molecule has 1 heterocycles. The number of nitrogens with zero attached hydrogens (tertiary/aromatic N) is 2. The zero-order valence-electron chi connectivity index (χ0n) is 11.8. The molecular formula is C14H27N3O. The lowest BCUT2D eigenvalue weighted by Gasteiger charge is -2.43. The number of carbonyl (C=O) groups is 1. The Hall–Kier alpha value is -0.610. The maximum Gasteiger partial charge on any atom is 0.223 e. The molecule has 2 N–H and O–H groups in total. The standard InChI is InChI=1S/C14H27N3O/c1-12(2)16-6-8-17(9-7-16)13(18)10-14(11-15)4-3-5-14/h12H,3-11,15H2,1-2H3. The predicted octanol–water partition coefficient (Wildman–Crippen LogP) is 1.06. The lowest BCUT2D eigenvalue weighted by molar-refractivity contribution is -0.137. The average molecular weight is 253 g/mol. The SMILES string of the molecule is CC(C)N1CCN(C(=O)CC2(CN)CCC2)CC1. The Labute approximate surface area is 110 Å². The van der Waals surface area contributed by atoms with Crippen LogP contribution in [0.25, 0.3) is 0 Å². The van der Waals surface area contributed by atoms with Gasteiger partial charge in [0.15, 0.2) is 0 Å². The molecule has 2 fully saturated rings. The van der Waals surface area contributed by atoms with Gasteiger partial charge < -0.3 is 10.6 Å². The van der Waals surface area contributed by atoms with Crippen LogP contribution < -0.4 is 5.73 Å². The molecule has 0 aromatic heterocycles. The zero-order valence-corrected chi connectivity index (χ0v) is 11.8. The Kier molecular flexibility index (Phi) is 4.28. The normalized spacial score (nSPS) is 24.1. The third kappa shape index (κ3) is 2.86. The van der Waals surface area contributed by atoms with Crippen LogP contribution in [-0.4, -0.2) is 54.5 Å². The van der Waals surface area contributed by atoms with Crippen molar-refractivity contribution in [2.45, 2.75) is 45.6 Å². The Morgan fingerprint density at radius 2 is 1.83 bits per heavy atom. The van der Waals surface area contributed by atoms with Gasteiger partial charge >= 0.3 is 0 Å². The molecule has 1 saturated heterocycles. The van der Waals surface area contributed by atoms with E-state index >= 15 is 0 Å². The van der Waals surface area contributed by atoms with Gasteiger partial charge in [-0.2, -0.15) is 0 Å². The van der Waals surface area contributed by atoms with Gasteiger partial charge in [-0.1, -0.05) is 6.42 Å².